The number of carbonyl (C=O) groups is 1. The molecule has 0 saturated heterocycles. The van der Waals surface area contributed by atoms with Crippen LogP contribution in [0.2, 0.25) is 0 Å². The van der Waals surface area contributed by atoms with E-state index in [0.29, 0.717) is 35.1 Å². The van der Waals surface area contributed by atoms with Gasteiger partial charge in [-0.1, -0.05) is 0 Å². The average Bonchev–Trinajstić information content (AvgIpc) is 2.90. The zero-order chi connectivity index (χ0) is 19.0. The Balaban J connectivity index is 1.91. The number of phenolic OH excluding ortho intramolecular Hbond substituents is 6. The normalized spacial score (nSPS) is 17.3. The number of carbonyl (C=O) groups excluding carboxylic acids is 1. The number of aromatic hydroxyl groups is 6. The highest BCUT2D eigenvalue weighted by molar-refractivity contribution is 6.15. The molecule has 0 radical (unpaired) electrons. The topological polar surface area (TPSA) is 138 Å². The van der Waals surface area contributed by atoms with Crippen LogP contribution in [0.3, 0.4) is 0 Å². The summed E-state index contributed by atoms with van der Waals surface area (Å²) in [6.45, 7) is 0. The van der Waals surface area contributed by atoms with Crippen LogP contribution < -0.4 is 0 Å². The van der Waals surface area contributed by atoms with Gasteiger partial charge in [0.15, 0.2) is 40.3 Å². The van der Waals surface area contributed by atoms with E-state index in [1.807, 2.05) is 0 Å². The van der Waals surface area contributed by atoms with Gasteiger partial charge in [-0.25, -0.2) is 0 Å². The molecule has 6 N–H and O–H groups in total. The minimum absolute atomic E-state index is 0.246. The number of hydrogen-bond donors (Lipinski definition) is 6. The summed E-state index contributed by atoms with van der Waals surface area (Å²) in [4.78, 5) is 12.5. The van der Waals surface area contributed by atoms with Crippen molar-refractivity contribution in [3.05, 3.63) is 46.5 Å². The molecule has 134 valence electrons. The van der Waals surface area contributed by atoms with Crippen molar-refractivity contribution in [1.82, 2.24) is 0 Å². The fourth-order valence-corrected chi connectivity index (χ4v) is 2.80. The summed E-state index contributed by atoms with van der Waals surface area (Å²) in [5, 5.41) is 56.9. The molecule has 2 aromatic carbocycles. The zero-order valence-corrected chi connectivity index (χ0v) is 13.5. The molecular formula is C19H16O7. The van der Waals surface area contributed by atoms with Crippen molar-refractivity contribution in [3.8, 4) is 34.5 Å². The monoisotopic (exact) mass is 356 g/mol. The van der Waals surface area contributed by atoms with Crippen LogP contribution in [0, 0.1) is 0 Å². The number of ketones is 1. The predicted octanol–water partition coefficient (Wildman–Crippen LogP) is 2.75. The lowest BCUT2D eigenvalue weighted by molar-refractivity contribution is -0.111. The molecule has 0 aliphatic heterocycles. The van der Waals surface area contributed by atoms with Crippen molar-refractivity contribution in [2.45, 2.75) is 12.8 Å². The molecule has 0 aromatic heterocycles. The Labute approximate surface area is 148 Å². The summed E-state index contributed by atoms with van der Waals surface area (Å²) < 4.78 is 0. The van der Waals surface area contributed by atoms with E-state index in [-0.39, 0.29) is 5.78 Å². The lowest BCUT2D eigenvalue weighted by atomic mass is 10.1. The first-order valence-electron chi connectivity index (χ1n) is 7.72. The lowest BCUT2D eigenvalue weighted by Crippen LogP contribution is -1.95. The van der Waals surface area contributed by atoms with Gasteiger partial charge in [-0.3, -0.25) is 4.79 Å². The molecule has 0 spiro atoms. The largest absolute Gasteiger partial charge is 0.504 e. The van der Waals surface area contributed by atoms with Gasteiger partial charge in [0, 0.05) is 11.1 Å². The Morgan fingerprint density at radius 2 is 0.923 bits per heavy atom. The second-order valence-electron chi connectivity index (χ2n) is 5.98. The molecule has 1 aliphatic carbocycles. The van der Waals surface area contributed by atoms with Crippen molar-refractivity contribution in [1.29, 1.82) is 0 Å². The number of Topliss-reactive ketones (excluding diaryl/α,β-unsaturated/α-hetero) is 1. The Morgan fingerprint density at radius 3 is 1.23 bits per heavy atom. The van der Waals surface area contributed by atoms with Crippen LogP contribution in [-0.4, -0.2) is 36.4 Å². The van der Waals surface area contributed by atoms with E-state index in [1.165, 1.54) is 36.4 Å². The third kappa shape index (κ3) is 3.14. The molecule has 1 saturated carbocycles. The Kier molecular flexibility index (Phi) is 4.21. The number of rotatable bonds is 2. The van der Waals surface area contributed by atoms with E-state index in [2.05, 4.69) is 0 Å². The Bertz CT molecular complexity index is 846. The highest BCUT2D eigenvalue weighted by Crippen LogP contribution is 2.39. The van der Waals surface area contributed by atoms with Crippen LogP contribution in [0.5, 0.6) is 34.5 Å². The Hall–Kier alpha value is -3.61. The van der Waals surface area contributed by atoms with E-state index in [1.54, 1.807) is 0 Å². The van der Waals surface area contributed by atoms with E-state index < -0.39 is 34.5 Å². The second kappa shape index (κ2) is 6.36. The highest BCUT2D eigenvalue weighted by Gasteiger charge is 2.23. The van der Waals surface area contributed by atoms with Gasteiger partial charge in [0.2, 0.25) is 0 Å². The number of hydrogen-bond acceptors (Lipinski definition) is 7. The molecule has 1 aliphatic rings. The summed E-state index contributed by atoms with van der Waals surface area (Å²) in [5.41, 5.74) is 1.63. The molecule has 0 atom stereocenters. The molecule has 0 heterocycles. The molecule has 0 amide bonds. The molecule has 7 nitrogen and oxygen atoms in total. The smallest absolute Gasteiger partial charge is 0.200 e. The quantitative estimate of drug-likeness (QED) is 0.359. The fraction of sp³-hybridized carbons (Fsp3) is 0.105. The van der Waals surface area contributed by atoms with Crippen LogP contribution in [-0.2, 0) is 4.79 Å². The number of benzene rings is 2. The molecular weight excluding hydrogens is 340 g/mol. The van der Waals surface area contributed by atoms with E-state index in [4.69, 9.17) is 0 Å². The maximum atomic E-state index is 12.5. The van der Waals surface area contributed by atoms with Crippen LogP contribution >= 0.6 is 0 Å². The van der Waals surface area contributed by atoms with Crippen molar-refractivity contribution < 1.29 is 35.4 Å². The maximum Gasteiger partial charge on any atom is 0.200 e. The average molecular weight is 356 g/mol. The number of phenols is 6. The van der Waals surface area contributed by atoms with Gasteiger partial charge < -0.3 is 30.6 Å². The second-order valence-corrected chi connectivity index (χ2v) is 5.98. The molecule has 26 heavy (non-hydrogen) atoms. The molecule has 1 fully saturated rings. The third-order valence-corrected chi connectivity index (χ3v) is 4.11. The lowest BCUT2D eigenvalue weighted by Gasteiger charge is -2.04. The van der Waals surface area contributed by atoms with Gasteiger partial charge in [0.25, 0.3) is 0 Å². The first-order chi connectivity index (χ1) is 12.3. The third-order valence-electron chi connectivity index (χ3n) is 4.11. The molecule has 0 bridgehead atoms. The summed E-state index contributed by atoms with van der Waals surface area (Å²) in [7, 11) is 0. The Morgan fingerprint density at radius 1 is 0.615 bits per heavy atom. The van der Waals surface area contributed by atoms with E-state index >= 15 is 0 Å². The first-order valence-corrected chi connectivity index (χ1v) is 7.72. The van der Waals surface area contributed by atoms with Crippen molar-refractivity contribution >= 4 is 17.9 Å². The van der Waals surface area contributed by atoms with Crippen molar-refractivity contribution in [2.75, 3.05) is 0 Å². The van der Waals surface area contributed by atoms with Gasteiger partial charge in [-0.05, 0) is 60.4 Å². The summed E-state index contributed by atoms with van der Waals surface area (Å²) in [6.07, 6.45) is 3.88. The minimum atomic E-state index is -0.627. The van der Waals surface area contributed by atoms with Gasteiger partial charge in [0.05, 0.1) is 0 Å². The standard InChI is InChI=1S/C19H16O7/c20-13-5-9(6-14(21)18(13)25)3-11-1-2-12(17(11)24)4-10-7-15(22)19(26)16(23)8-10/h3-8,20-23,25-26H,1-2H2/b11-3+,12-4+. The van der Waals surface area contributed by atoms with Gasteiger partial charge >= 0.3 is 0 Å². The SMILES string of the molecule is O=C1/C(=C/c2cc(O)c(O)c(O)c2)CC/C1=C\c1cc(O)c(O)c(O)c1. The summed E-state index contributed by atoms with van der Waals surface area (Å²) >= 11 is 0. The van der Waals surface area contributed by atoms with Crippen LogP contribution in [0.25, 0.3) is 12.2 Å². The van der Waals surface area contributed by atoms with Crippen LogP contribution in [0.4, 0.5) is 0 Å². The number of allylic oxidation sites excluding steroid dienone is 2. The first kappa shape index (κ1) is 17.2. The van der Waals surface area contributed by atoms with Gasteiger partial charge in [0.1, 0.15) is 0 Å². The van der Waals surface area contributed by atoms with Gasteiger partial charge in [-0.15, -0.1) is 0 Å². The van der Waals surface area contributed by atoms with E-state index in [0.717, 1.165) is 0 Å². The van der Waals surface area contributed by atoms with E-state index in [9.17, 15) is 35.4 Å². The maximum absolute atomic E-state index is 12.5. The summed E-state index contributed by atoms with van der Waals surface area (Å²) in [6, 6.07) is 4.92. The molecule has 0 unspecified atom stereocenters. The molecule has 3 rings (SSSR count). The molecule has 2 aromatic rings. The minimum Gasteiger partial charge on any atom is -0.504 e. The van der Waals surface area contributed by atoms with Gasteiger partial charge in [-0.2, -0.15) is 0 Å². The van der Waals surface area contributed by atoms with Crippen LogP contribution in [0.15, 0.2) is 35.4 Å². The molecule has 7 heteroatoms. The predicted molar refractivity (Wildman–Crippen MR) is 93.1 cm³/mol. The zero-order valence-electron chi connectivity index (χ0n) is 13.5. The fourth-order valence-electron chi connectivity index (χ4n) is 2.80. The van der Waals surface area contributed by atoms with Crippen LogP contribution in [0.1, 0.15) is 24.0 Å². The van der Waals surface area contributed by atoms with Crippen molar-refractivity contribution in [2.24, 2.45) is 0 Å². The highest BCUT2D eigenvalue weighted by atomic mass is 16.3. The summed E-state index contributed by atoms with van der Waals surface area (Å²) in [5.74, 6) is -3.47. The van der Waals surface area contributed by atoms with Crippen molar-refractivity contribution in [3.63, 3.8) is 0 Å².